The van der Waals surface area contributed by atoms with E-state index < -0.39 is 39.9 Å². The predicted octanol–water partition coefficient (Wildman–Crippen LogP) is 6.50. The second-order valence-electron chi connectivity index (χ2n) is 12.6. The van der Waals surface area contributed by atoms with Gasteiger partial charge in [-0.3, -0.25) is 13.9 Å². The summed E-state index contributed by atoms with van der Waals surface area (Å²) in [6, 6.07) is 25.8. The molecule has 0 aliphatic carbocycles. The number of sulfonamides is 1. The fourth-order valence-electron chi connectivity index (χ4n) is 5.15. The first kappa shape index (κ1) is 34.4. The lowest BCUT2D eigenvalue weighted by Crippen LogP contribution is -2.56. The topological polar surface area (TPSA) is 86.8 Å². The molecule has 0 aromatic heterocycles. The Labute approximate surface area is 272 Å². The van der Waals surface area contributed by atoms with Crippen LogP contribution in [0, 0.1) is 26.6 Å². The molecule has 4 aromatic carbocycles. The molecular formula is C37H42FN3O4S. The fourth-order valence-corrected chi connectivity index (χ4v) is 6.62. The van der Waals surface area contributed by atoms with Gasteiger partial charge in [-0.2, -0.15) is 0 Å². The highest BCUT2D eigenvalue weighted by Crippen LogP contribution is 2.29. The van der Waals surface area contributed by atoms with Crippen molar-refractivity contribution >= 4 is 27.5 Å². The first-order valence-electron chi connectivity index (χ1n) is 15.2. The maximum absolute atomic E-state index is 14.6. The predicted molar refractivity (Wildman–Crippen MR) is 180 cm³/mol. The molecule has 0 bridgehead atoms. The van der Waals surface area contributed by atoms with Crippen molar-refractivity contribution < 1.29 is 22.4 Å². The molecule has 242 valence electrons. The van der Waals surface area contributed by atoms with Gasteiger partial charge in [-0.15, -0.1) is 0 Å². The molecule has 1 N–H and O–H groups in total. The summed E-state index contributed by atoms with van der Waals surface area (Å²) >= 11 is 0. The lowest BCUT2D eigenvalue weighted by molar-refractivity contribution is -0.140. The molecule has 0 heterocycles. The highest BCUT2D eigenvalue weighted by atomic mass is 32.2. The second-order valence-corrected chi connectivity index (χ2v) is 14.5. The van der Waals surface area contributed by atoms with Crippen LogP contribution in [0.4, 0.5) is 10.1 Å². The van der Waals surface area contributed by atoms with Gasteiger partial charge in [-0.05, 0) is 94.1 Å². The second kappa shape index (κ2) is 14.3. The number of benzene rings is 4. The van der Waals surface area contributed by atoms with E-state index in [4.69, 9.17) is 0 Å². The highest BCUT2D eigenvalue weighted by Gasteiger charge is 2.36. The van der Waals surface area contributed by atoms with Crippen molar-refractivity contribution in [3.8, 4) is 0 Å². The molecular weight excluding hydrogens is 601 g/mol. The molecule has 0 saturated heterocycles. The number of amides is 2. The standard InChI is InChI=1S/C37H42FN3O4S/c1-26-15-21-32(22-16-26)46(44,45)41(33-14-10-11-27(2)28(33)3)25-35(42)40(24-30-17-19-31(38)20-18-30)34(36(43)39-37(4,5)6)23-29-12-8-7-9-13-29/h7-22,34H,23-25H2,1-6H3,(H,39,43)/t34-/m0/s1. The van der Waals surface area contributed by atoms with Gasteiger partial charge in [-0.25, -0.2) is 12.8 Å². The van der Waals surface area contributed by atoms with Gasteiger partial charge in [-0.1, -0.05) is 72.3 Å². The van der Waals surface area contributed by atoms with Crippen LogP contribution in [0.1, 0.15) is 48.6 Å². The van der Waals surface area contributed by atoms with Gasteiger partial charge in [0.25, 0.3) is 10.0 Å². The Balaban J connectivity index is 1.84. The van der Waals surface area contributed by atoms with Crippen molar-refractivity contribution in [3.05, 3.63) is 131 Å². The van der Waals surface area contributed by atoms with Crippen LogP contribution in [0.15, 0.2) is 102 Å². The highest BCUT2D eigenvalue weighted by molar-refractivity contribution is 7.92. The van der Waals surface area contributed by atoms with E-state index in [0.29, 0.717) is 16.8 Å². The average Bonchev–Trinajstić information content (AvgIpc) is 3.00. The summed E-state index contributed by atoms with van der Waals surface area (Å²) < 4.78 is 43.6. The van der Waals surface area contributed by atoms with Crippen LogP contribution in [0.2, 0.25) is 0 Å². The van der Waals surface area contributed by atoms with Crippen molar-refractivity contribution in [1.82, 2.24) is 10.2 Å². The van der Waals surface area contributed by atoms with Crippen LogP contribution in [0.3, 0.4) is 0 Å². The molecule has 0 aliphatic heterocycles. The van der Waals surface area contributed by atoms with Gasteiger partial charge in [0, 0.05) is 18.5 Å². The SMILES string of the molecule is Cc1ccc(S(=O)(=O)N(CC(=O)N(Cc2ccc(F)cc2)[C@@H](Cc2ccccc2)C(=O)NC(C)(C)C)c2cccc(C)c2C)cc1. The maximum atomic E-state index is 14.6. The van der Waals surface area contributed by atoms with E-state index in [1.165, 1.54) is 29.2 Å². The Morgan fingerprint density at radius 1 is 0.804 bits per heavy atom. The third-order valence-electron chi connectivity index (χ3n) is 7.77. The minimum absolute atomic E-state index is 0.0423. The summed E-state index contributed by atoms with van der Waals surface area (Å²) in [6.07, 6.45) is 0.184. The number of carbonyl (C=O) groups is 2. The van der Waals surface area contributed by atoms with Gasteiger partial charge in [0.05, 0.1) is 10.6 Å². The number of rotatable bonds is 11. The summed E-state index contributed by atoms with van der Waals surface area (Å²) in [5.41, 5.74) is 3.66. The van der Waals surface area contributed by atoms with Crippen molar-refractivity contribution in [2.45, 2.75) is 71.0 Å². The molecule has 7 nitrogen and oxygen atoms in total. The van der Waals surface area contributed by atoms with Crippen LogP contribution >= 0.6 is 0 Å². The third-order valence-corrected chi connectivity index (χ3v) is 9.54. The lowest BCUT2D eigenvalue weighted by Gasteiger charge is -2.35. The quantitative estimate of drug-likeness (QED) is 0.202. The molecule has 9 heteroatoms. The van der Waals surface area contributed by atoms with Gasteiger partial charge in [0.15, 0.2) is 0 Å². The van der Waals surface area contributed by atoms with E-state index >= 15 is 0 Å². The number of halogens is 1. The Bertz CT molecular complexity index is 1770. The van der Waals surface area contributed by atoms with E-state index in [0.717, 1.165) is 21.0 Å². The van der Waals surface area contributed by atoms with E-state index in [-0.39, 0.29) is 23.8 Å². The zero-order valence-corrected chi connectivity index (χ0v) is 28.1. The zero-order valence-electron chi connectivity index (χ0n) is 27.2. The van der Waals surface area contributed by atoms with E-state index in [2.05, 4.69) is 5.32 Å². The average molecular weight is 644 g/mol. The van der Waals surface area contributed by atoms with Gasteiger partial charge in [0.2, 0.25) is 11.8 Å². The van der Waals surface area contributed by atoms with Gasteiger partial charge >= 0.3 is 0 Å². The number of nitrogens with zero attached hydrogens (tertiary/aromatic N) is 2. The zero-order chi connectivity index (χ0) is 33.6. The molecule has 0 aliphatic rings. The van der Waals surface area contributed by atoms with Gasteiger partial charge in [0.1, 0.15) is 18.4 Å². The molecule has 0 fully saturated rings. The minimum atomic E-state index is -4.22. The summed E-state index contributed by atoms with van der Waals surface area (Å²) in [5.74, 6) is -1.39. The Hall–Kier alpha value is -4.50. The van der Waals surface area contributed by atoms with E-state index in [9.17, 15) is 22.4 Å². The summed E-state index contributed by atoms with van der Waals surface area (Å²) in [5, 5.41) is 3.01. The number of anilines is 1. The first-order valence-corrected chi connectivity index (χ1v) is 16.7. The molecule has 2 amide bonds. The van der Waals surface area contributed by atoms with Crippen molar-refractivity contribution in [3.63, 3.8) is 0 Å². The van der Waals surface area contributed by atoms with Crippen LogP contribution in [0.5, 0.6) is 0 Å². The van der Waals surface area contributed by atoms with E-state index in [1.54, 1.807) is 36.4 Å². The summed E-state index contributed by atoms with van der Waals surface area (Å²) in [6.45, 7) is 10.5. The van der Waals surface area contributed by atoms with Crippen molar-refractivity contribution in [1.29, 1.82) is 0 Å². The van der Waals surface area contributed by atoms with Crippen LogP contribution in [-0.4, -0.2) is 43.3 Å². The molecule has 0 saturated carbocycles. The number of aryl methyl sites for hydroxylation is 2. The molecule has 4 aromatic rings. The molecule has 0 radical (unpaired) electrons. The molecule has 1 atom stereocenters. The number of nitrogens with one attached hydrogen (secondary N) is 1. The third kappa shape index (κ3) is 8.60. The van der Waals surface area contributed by atoms with Crippen LogP contribution < -0.4 is 9.62 Å². The normalized spacial score (nSPS) is 12.3. The van der Waals surface area contributed by atoms with Crippen LogP contribution in [0.25, 0.3) is 0 Å². The fraction of sp³-hybridized carbons (Fsp3) is 0.297. The first-order chi connectivity index (χ1) is 21.7. The van der Waals surface area contributed by atoms with Crippen molar-refractivity contribution in [2.75, 3.05) is 10.8 Å². The monoisotopic (exact) mass is 643 g/mol. The lowest BCUT2D eigenvalue weighted by atomic mass is 10.0. The summed E-state index contributed by atoms with van der Waals surface area (Å²) in [7, 11) is -4.22. The Morgan fingerprint density at radius 2 is 1.43 bits per heavy atom. The van der Waals surface area contributed by atoms with Gasteiger partial charge < -0.3 is 10.2 Å². The molecule has 46 heavy (non-hydrogen) atoms. The van der Waals surface area contributed by atoms with Crippen molar-refractivity contribution in [2.24, 2.45) is 0 Å². The number of hydrogen-bond acceptors (Lipinski definition) is 4. The number of hydrogen-bond donors (Lipinski definition) is 1. The molecule has 0 unspecified atom stereocenters. The maximum Gasteiger partial charge on any atom is 0.264 e. The summed E-state index contributed by atoms with van der Waals surface area (Å²) in [4.78, 5) is 30.0. The molecule has 0 spiro atoms. The smallest absolute Gasteiger partial charge is 0.264 e. The molecule has 4 rings (SSSR count). The number of carbonyl (C=O) groups excluding carboxylic acids is 2. The largest absolute Gasteiger partial charge is 0.350 e. The van der Waals surface area contributed by atoms with E-state index in [1.807, 2.05) is 77.9 Å². The Kier molecular flexibility index (Phi) is 10.7. The Morgan fingerprint density at radius 3 is 2.04 bits per heavy atom. The van der Waals surface area contributed by atoms with Crippen LogP contribution in [-0.2, 0) is 32.6 Å². The minimum Gasteiger partial charge on any atom is -0.350 e.